The van der Waals surface area contributed by atoms with Gasteiger partial charge in [0.05, 0.1) is 7.11 Å². The Balaban J connectivity index is 2.50. The highest BCUT2D eigenvalue weighted by atomic mass is 35.5. The number of methoxy groups -OCH3 is 1. The topological polar surface area (TPSA) is 55.8 Å². The van der Waals surface area contributed by atoms with E-state index in [1.165, 1.54) is 19.2 Å². The van der Waals surface area contributed by atoms with Crippen LogP contribution in [-0.4, -0.2) is 30.5 Å². The van der Waals surface area contributed by atoms with Gasteiger partial charge in [-0.2, -0.15) is 13.2 Å². The van der Waals surface area contributed by atoms with Crippen LogP contribution in [0.25, 0.3) is 0 Å². The Bertz CT molecular complexity index is 544. The smallest absolute Gasteiger partial charge is 0.426 e. The van der Waals surface area contributed by atoms with Crippen LogP contribution in [0.1, 0.15) is 5.56 Å². The van der Waals surface area contributed by atoms with Crippen molar-refractivity contribution in [1.82, 2.24) is 0 Å². The molecule has 1 aromatic carbocycles. The van der Waals surface area contributed by atoms with Gasteiger partial charge in [-0.05, 0) is 12.5 Å². The molecule has 1 aliphatic rings. The molecule has 110 valence electrons. The maximum absolute atomic E-state index is 12.9. The van der Waals surface area contributed by atoms with Crippen LogP contribution in [0.4, 0.5) is 13.2 Å². The molecule has 0 saturated carbocycles. The summed E-state index contributed by atoms with van der Waals surface area (Å²) in [5.74, 6) is -3.36. The van der Waals surface area contributed by atoms with E-state index >= 15 is 0 Å². The zero-order valence-electron chi connectivity index (χ0n) is 10.2. The number of carboxylic acids is 1. The fourth-order valence-electron chi connectivity index (χ4n) is 2.12. The Labute approximate surface area is 117 Å². The highest BCUT2D eigenvalue weighted by Gasteiger charge is 2.52. The Morgan fingerprint density at radius 3 is 2.65 bits per heavy atom. The van der Waals surface area contributed by atoms with Crippen LogP contribution in [0.5, 0.6) is 11.5 Å². The number of ether oxygens (including phenoxy) is 2. The summed E-state index contributed by atoms with van der Waals surface area (Å²) in [6.07, 6.45) is -7.53. The molecule has 0 bridgehead atoms. The van der Waals surface area contributed by atoms with Gasteiger partial charge in [0.1, 0.15) is 5.92 Å². The second kappa shape index (κ2) is 5.05. The van der Waals surface area contributed by atoms with Crippen molar-refractivity contribution >= 4 is 17.6 Å². The highest BCUT2D eigenvalue weighted by Crippen LogP contribution is 2.44. The van der Waals surface area contributed by atoms with E-state index in [1.54, 1.807) is 0 Å². The molecule has 0 fully saturated rings. The van der Waals surface area contributed by atoms with Crippen LogP contribution in [-0.2, 0) is 11.2 Å². The lowest BCUT2D eigenvalue weighted by Crippen LogP contribution is -2.47. The molecular weight excluding hydrogens is 301 g/mol. The van der Waals surface area contributed by atoms with E-state index in [9.17, 15) is 18.0 Å². The molecule has 0 radical (unpaired) electrons. The van der Waals surface area contributed by atoms with Gasteiger partial charge in [-0.3, -0.25) is 4.79 Å². The van der Waals surface area contributed by atoms with Crippen LogP contribution >= 0.6 is 11.6 Å². The zero-order valence-corrected chi connectivity index (χ0v) is 11.0. The van der Waals surface area contributed by atoms with E-state index in [4.69, 9.17) is 26.2 Å². The quantitative estimate of drug-likeness (QED) is 0.912. The van der Waals surface area contributed by atoms with Crippen molar-refractivity contribution in [2.45, 2.75) is 18.7 Å². The summed E-state index contributed by atoms with van der Waals surface area (Å²) in [5, 5.41) is 9.18. The van der Waals surface area contributed by atoms with Crippen LogP contribution in [0.15, 0.2) is 12.1 Å². The lowest BCUT2D eigenvalue weighted by Gasteiger charge is -2.33. The van der Waals surface area contributed by atoms with Crippen molar-refractivity contribution in [2.24, 2.45) is 5.92 Å². The molecule has 20 heavy (non-hydrogen) atoms. The van der Waals surface area contributed by atoms with Crippen LogP contribution in [0, 0.1) is 5.92 Å². The Morgan fingerprint density at radius 1 is 1.50 bits per heavy atom. The van der Waals surface area contributed by atoms with Gasteiger partial charge in [0.25, 0.3) is 0 Å². The molecule has 0 saturated heterocycles. The predicted octanol–water partition coefficient (Wildman–Crippen LogP) is 2.92. The third-order valence-corrected chi connectivity index (χ3v) is 3.22. The molecule has 4 nitrogen and oxygen atoms in total. The van der Waals surface area contributed by atoms with E-state index in [0.717, 1.165) is 0 Å². The van der Waals surface area contributed by atoms with E-state index in [2.05, 4.69) is 0 Å². The molecule has 1 heterocycles. The van der Waals surface area contributed by atoms with Gasteiger partial charge in [0.2, 0.25) is 6.10 Å². The second-order valence-corrected chi connectivity index (χ2v) is 4.76. The fourth-order valence-corrected chi connectivity index (χ4v) is 2.36. The number of hydrogen-bond donors (Lipinski definition) is 1. The highest BCUT2D eigenvalue weighted by molar-refractivity contribution is 6.30. The molecule has 2 rings (SSSR count). The number of hydrogen-bond acceptors (Lipinski definition) is 3. The van der Waals surface area contributed by atoms with Gasteiger partial charge < -0.3 is 14.6 Å². The van der Waals surface area contributed by atoms with Crippen LogP contribution < -0.4 is 9.47 Å². The molecule has 1 aliphatic heterocycles. The number of carboxylic acid groups (broad SMARTS) is 1. The number of halogens is 4. The summed E-state index contributed by atoms with van der Waals surface area (Å²) in [6.45, 7) is 0. The minimum absolute atomic E-state index is 0.0468. The predicted molar refractivity (Wildman–Crippen MR) is 63.3 cm³/mol. The Morgan fingerprint density at radius 2 is 2.15 bits per heavy atom. The largest absolute Gasteiger partial charge is 0.493 e. The number of carbonyl (C=O) groups is 1. The summed E-state index contributed by atoms with van der Waals surface area (Å²) in [7, 11) is 1.27. The number of alkyl halides is 3. The molecule has 2 atom stereocenters. The van der Waals surface area contributed by atoms with Gasteiger partial charge in [0.15, 0.2) is 11.5 Å². The van der Waals surface area contributed by atoms with Crippen molar-refractivity contribution < 1.29 is 32.5 Å². The first-order valence-corrected chi connectivity index (χ1v) is 5.94. The van der Waals surface area contributed by atoms with E-state index in [0.29, 0.717) is 0 Å². The molecule has 0 spiro atoms. The van der Waals surface area contributed by atoms with Gasteiger partial charge in [0, 0.05) is 16.7 Å². The third-order valence-electron chi connectivity index (χ3n) is 3.01. The van der Waals surface area contributed by atoms with Gasteiger partial charge in [-0.25, -0.2) is 0 Å². The molecule has 0 unspecified atom stereocenters. The number of benzene rings is 1. The normalized spacial score (nSPS) is 21.9. The fraction of sp³-hybridized carbons (Fsp3) is 0.417. The first kappa shape index (κ1) is 14.8. The summed E-state index contributed by atoms with van der Waals surface area (Å²) in [5.41, 5.74) is 0.280. The molecule has 0 aromatic heterocycles. The Kier molecular flexibility index (Phi) is 3.73. The van der Waals surface area contributed by atoms with Crippen LogP contribution in [0.2, 0.25) is 5.02 Å². The number of fused-ring (bicyclic) bond motifs is 1. The zero-order chi connectivity index (χ0) is 15.1. The summed E-state index contributed by atoms with van der Waals surface area (Å²) in [6, 6.07) is 2.69. The van der Waals surface area contributed by atoms with Gasteiger partial charge in [-0.15, -0.1) is 0 Å². The SMILES string of the molecule is COc1cc(Cl)cc2c1O[C@@H](C(F)(F)F)[C@@H](C(=O)O)C2. The lowest BCUT2D eigenvalue weighted by atomic mass is 9.90. The number of rotatable bonds is 2. The van der Waals surface area contributed by atoms with E-state index in [1.807, 2.05) is 0 Å². The first-order chi connectivity index (χ1) is 9.24. The van der Waals surface area contributed by atoms with Crippen molar-refractivity contribution in [1.29, 1.82) is 0 Å². The molecule has 0 aliphatic carbocycles. The lowest BCUT2D eigenvalue weighted by molar-refractivity contribution is -0.217. The molecule has 8 heteroatoms. The second-order valence-electron chi connectivity index (χ2n) is 4.33. The molecular formula is C12H10ClF3O4. The molecule has 1 aromatic rings. The maximum Gasteiger partial charge on any atom is 0.426 e. The summed E-state index contributed by atoms with van der Waals surface area (Å²) >= 11 is 5.81. The van der Waals surface area contributed by atoms with Gasteiger partial charge in [-0.1, -0.05) is 11.6 Å². The number of aliphatic carboxylic acids is 1. The minimum Gasteiger partial charge on any atom is -0.493 e. The molecule has 0 amide bonds. The van der Waals surface area contributed by atoms with Crippen molar-refractivity contribution in [3.05, 3.63) is 22.7 Å². The minimum atomic E-state index is -4.79. The summed E-state index contributed by atoms with van der Waals surface area (Å²) in [4.78, 5) is 11.0. The average Bonchev–Trinajstić information content (AvgIpc) is 2.34. The van der Waals surface area contributed by atoms with Gasteiger partial charge >= 0.3 is 12.1 Å². The molecule has 1 N–H and O–H groups in total. The maximum atomic E-state index is 12.9. The van der Waals surface area contributed by atoms with Crippen molar-refractivity contribution in [3.63, 3.8) is 0 Å². The summed E-state index contributed by atoms with van der Waals surface area (Å²) < 4.78 is 48.5. The standard InChI is InChI=1S/C12H10ClF3O4/c1-19-8-4-6(13)2-5-3-7(11(17)18)10(12(14,15)16)20-9(5)8/h2,4,7,10H,3H2,1H3,(H,17,18)/t7-,10+/m0/s1. The van der Waals surface area contributed by atoms with Crippen molar-refractivity contribution in [2.75, 3.05) is 7.11 Å². The first-order valence-electron chi connectivity index (χ1n) is 5.56. The van der Waals surface area contributed by atoms with E-state index in [-0.39, 0.29) is 28.5 Å². The van der Waals surface area contributed by atoms with Crippen LogP contribution in [0.3, 0.4) is 0 Å². The average molecular weight is 311 g/mol. The monoisotopic (exact) mass is 310 g/mol. The Hall–Kier alpha value is -1.63. The van der Waals surface area contributed by atoms with Crippen molar-refractivity contribution in [3.8, 4) is 11.5 Å². The van der Waals surface area contributed by atoms with E-state index < -0.39 is 24.2 Å². The third kappa shape index (κ3) is 2.63.